The second-order valence-electron chi connectivity index (χ2n) is 11.1. The Bertz CT molecular complexity index is 1460. The molecule has 2 aromatic heterocycles. The molecule has 5 rings (SSSR count). The molecule has 0 saturated carbocycles. The number of rotatable bonds is 4. The van der Waals surface area contributed by atoms with Crippen LogP contribution in [0.4, 0.5) is 5.00 Å². The number of amides is 2. The van der Waals surface area contributed by atoms with Gasteiger partial charge in [0.2, 0.25) is 0 Å². The van der Waals surface area contributed by atoms with Gasteiger partial charge >= 0.3 is 0 Å². The molecule has 7 nitrogen and oxygen atoms in total. The highest BCUT2D eigenvalue weighted by molar-refractivity contribution is 7.91. The van der Waals surface area contributed by atoms with Crippen molar-refractivity contribution in [2.75, 3.05) is 16.8 Å². The Morgan fingerprint density at radius 2 is 1.86 bits per heavy atom. The third-order valence-corrected chi connectivity index (χ3v) is 10.5. The van der Waals surface area contributed by atoms with Crippen LogP contribution in [0.25, 0.3) is 11.0 Å². The van der Waals surface area contributed by atoms with Crippen LogP contribution in [0.5, 0.6) is 0 Å². The minimum atomic E-state index is -3.13. The van der Waals surface area contributed by atoms with Gasteiger partial charge in [-0.1, -0.05) is 39.0 Å². The predicted molar refractivity (Wildman–Crippen MR) is 143 cm³/mol. The molecule has 1 aromatic carbocycles. The number of thiophene rings is 1. The van der Waals surface area contributed by atoms with E-state index in [-0.39, 0.29) is 28.6 Å². The molecule has 1 fully saturated rings. The lowest BCUT2D eigenvalue weighted by Crippen LogP contribution is -2.36. The van der Waals surface area contributed by atoms with Crippen molar-refractivity contribution in [3.05, 3.63) is 51.6 Å². The molecule has 1 aliphatic carbocycles. The molecule has 3 aromatic rings. The molecule has 0 bridgehead atoms. The van der Waals surface area contributed by atoms with Gasteiger partial charge in [0.05, 0.1) is 17.1 Å². The molecule has 2 N–H and O–H groups in total. The molecule has 36 heavy (non-hydrogen) atoms. The fourth-order valence-electron chi connectivity index (χ4n) is 5.37. The highest BCUT2D eigenvalue weighted by Crippen LogP contribution is 2.44. The number of sulfone groups is 1. The number of fused-ring (bicyclic) bond motifs is 2. The summed E-state index contributed by atoms with van der Waals surface area (Å²) in [6.45, 7) is 8.55. The number of carbonyl (C=O) groups is 2. The summed E-state index contributed by atoms with van der Waals surface area (Å²) in [4.78, 5) is 27.9. The van der Waals surface area contributed by atoms with Gasteiger partial charge < -0.3 is 15.1 Å². The number of benzene rings is 1. The predicted octanol–water partition coefficient (Wildman–Crippen LogP) is 5.12. The van der Waals surface area contributed by atoms with Gasteiger partial charge in [-0.05, 0) is 55.6 Å². The molecule has 1 aliphatic heterocycles. The first kappa shape index (κ1) is 25.0. The fourth-order valence-corrected chi connectivity index (χ4v) is 8.36. The Morgan fingerprint density at radius 1 is 1.11 bits per heavy atom. The van der Waals surface area contributed by atoms with Crippen molar-refractivity contribution < 1.29 is 22.4 Å². The molecular formula is C27H32N2O5S2. The highest BCUT2D eigenvalue weighted by Gasteiger charge is 2.36. The Kier molecular flexibility index (Phi) is 6.27. The van der Waals surface area contributed by atoms with Crippen molar-refractivity contribution in [1.82, 2.24) is 5.32 Å². The van der Waals surface area contributed by atoms with Crippen LogP contribution >= 0.6 is 11.3 Å². The van der Waals surface area contributed by atoms with E-state index in [4.69, 9.17) is 4.42 Å². The van der Waals surface area contributed by atoms with E-state index in [9.17, 15) is 18.0 Å². The van der Waals surface area contributed by atoms with E-state index in [0.29, 0.717) is 28.5 Å². The number of hydrogen-bond acceptors (Lipinski definition) is 6. The molecule has 3 heterocycles. The average Bonchev–Trinajstić information content (AvgIpc) is 3.45. The van der Waals surface area contributed by atoms with Crippen molar-refractivity contribution in [1.29, 1.82) is 0 Å². The summed E-state index contributed by atoms with van der Waals surface area (Å²) in [6.07, 6.45) is 2.97. The van der Waals surface area contributed by atoms with Gasteiger partial charge in [-0.2, -0.15) is 0 Å². The van der Waals surface area contributed by atoms with Crippen molar-refractivity contribution in [2.24, 2.45) is 11.3 Å². The number of nitrogens with one attached hydrogen (secondary N) is 2. The van der Waals surface area contributed by atoms with Gasteiger partial charge in [-0.15, -0.1) is 11.3 Å². The quantitative estimate of drug-likeness (QED) is 0.489. The zero-order valence-corrected chi connectivity index (χ0v) is 22.7. The summed E-state index contributed by atoms with van der Waals surface area (Å²) in [7, 11) is -3.13. The Balaban J connectivity index is 1.48. The van der Waals surface area contributed by atoms with Crippen LogP contribution < -0.4 is 10.6 Å². The summed E-state index contributed by atoms with van der Waals surface area (Å²) >= 11 is 1.45. The molecule has 2 atom stereocenters. The smallest absolute Gasteiger partial charge is 0.292 e. The number of hydrogen-bond donors (Lipinski definition) is 2. The SMILES string of the molecule is Cc1c(C(=O)Nc2sc3c(c2C(=O)NC2CCS(=O)(=O)C2)CCC(C(C)(C)C)C3)oc2ccccc12. The molecule has 2 aliphatic rings. The van der Waals surface area contributed by atoms with Crippen molar-refractivity contribution >= 4 is 49.0 Å². The third kappa shape index (κ3) is 4.70. The number of carbonyl (C=O) groups excluding carboxylic acids is 2. The maximum atomic E-state index is 13.5. The largest absolute Gasteiger partial charge is 0.451 e. The minimum Gasteiger partial charge on any atom is -0.451 e. The first-order valence-electron chi connectivity index (χ1n) is 12.4. The van der Waals surface area contributed by atoms with E-state index in [1.165, 1.54) is 11.3 Å². The van der Waals surface area contributed by atoms with E-state index in [1.807, 2.05) is 31.2 Å². The fraction of sp³-hybridized carbons (Fsp3) is 0.481. The van der Waals surface area contributed by atoms with Crippen molar-refractivity contribution in [3.63, 3.8) is 0 Å². The van der Waals surface area contributed by atoms with Crippen LogP contribution in [0, 0.1) is 18.3 Å². The summed E-state index contributed by atoms with van der Waals surface area (Å²) in [5, 5.41) is 7.27. The lowest BCUT2D eigenvalue weighted by Gasteiger charge is -2.33. The molecule has 2 amide bonds. The number of aryl methyl sites for hydroxylation is 1. The van der Waals surface area contributed by atoms with Gasteiger partial charge in [0, 0.05) is 21.9 Å². The molecule has 192 valence electrons. The zero-order chi connectivity index (χ0) is 25.8. The second kappa shape index (κ2) is 9.03. The molecule has 0 spiro atoms. The van der Waals surface area contributed by atoms with E-state index in [0.717, 1.165) is 40.7 Å². The summed E-state index contributed by atoms with van der Waals surface area (Å²) in [5.41, 5.74) is 2.96. The highest BCUT2D eigenvalue weighted by atomic mass is 32.2. The lowest BCUT2D eigenvalue weighted by atomic mass is 9.72. The van der Waals surface area contributed by atoms with E-state index >= 15 is 0 Å². The zero-order valence-electron chi connectivity index (χ0n) is 21.1. The Labute approximate surface area is 215 Å². The van der Waals surface area contributed by atoms with Gasteiger partial charge in [-0.25, -0.2) is 8.42 Å². The second-order valence-corrected chi connectivity index (χ2v) is 14.4. The van der Waals surface area contributed by atoms with Crippen LogP contribution in [0.3, 0.4) is 0 Å². The number of anilines is 1. The molecule has 2 unspecified atom stereocenters. The van der Waals surface area contributed by atoms with Crippen molar-refractivity contribution in [2.45, 2.75) is 59.4 Å². The maximum absolute atomic E-state index is 13.5. The Morgan fingerprint density at radius 3 is 2.53 bits per heavy atom. The number of para-hydroxylation sites is 1. The first-order valence-corrected chi connectivity index (χ1v) is 15.0. The first-order chi connectivity index (χ1) is 16.9. The molecule has 9 heteroatoms. The van der Waals surface area contributed by atoms with E-state index in [1.54, 1.807) is 0 Å². The topological polar surface area (TPSA) is 105 Å². The molecular weight excluding hydrogens is 496 g/mol. The summed E-state index contributed by atoms with van der Waals surface area (Å²) < 4.78 is 29.7. The lowest BCUT2D eigenvalue weighted by molar-refractivity contribution is 0.0941. The number of furan rings is 1. The van der Waals surface area contributed by atoms with Crippen LogP contribution in [0.1, 0.15) is 70.5 Å². The van der Waals surface area contributed by atoms with Crippen molar-refractivity contribution in [3.8, 4) is 0 Å². The maximum Gasteiger partial charge on any atom is 0.292 e. The Hall–Kier alpha value is -2.65. The normalized spacial score (nSPS) is 21.3. The molecule has 1 saturated heterocycles. The average molecular weight is 529 g/mol. The third-order valence-electron chi connectivity index (χ3n) is 7.56. The van der Waals surface area contributed by atoms with Gasteiger partial charge in [-0.3, -0.25) is 9.59 Å². The van der Waals surface area contributed by atoms with Crippen LogP contribution in [-0.2, 0) is 22.7 Å². The van der Waals surface area contributed by atoms with Gasteiger partial charge in [0.1, 0.15) is 10.6 Å². The van der Waals surface area contributed by atoms with Crippen LogP contribution in [0.2, 0.25) is 0 Å². The van der Waals surface area contributed by atoms with E-state index < -0.39 is 21.8 Å². The van der Waals surface area contributed by atoms with Crippen LogP contribution in [-0.4, -0.2) is 37.8 Å². The summed E-state index contributed by atoms with van der Waals surface area (Å²) in [5.74, 6) is 0.0236. The monoisotopic (exact) mass is 528 g/mol. The van der Waals surface area contributed by atoms with Gasteiger partial charge in [0.25, 0.3) is 11.8 Å². The molecule has 0 radical (unpaired) electrons. The standard InChI is InChI=1S/C27H32N2O5S2/c1-15-18-7-5-6-8-20(18)34-23(15)25(31)29-26-22(24(30)28-17-11-12-36(32,33)14-17)19-10-9-16(27(2,3)4)13-21(19)35-26/h5-8,16-17H,9-14H2,1-4H3,(H,28,30)(H,29,31). The van der Waals surface area contributed by atoms with Crippen LogP contribution in [0.15, 0.2) is 28.7 Å². The minimum absolute atomic E-state index is 0.0446. The van der Waals surface area contributed by atoms with Gasteiger partial charge in [0.15, 0.2) is 15.6 Å². The summed E-state index contributed by atoms with van der Waals surface area (Å²) in [6, 6.07) is 7.08. The van der Waals surface area contributed by atoms with E-state index in [2.05, 4.69) is 31.4 Å².